The Kier molecular flexibility index (Phi) is 5.02. The van der Waals surface area contributed by atoms with Gasteiger partial charge in [-0.15, -0.1) is 11.8 Å². The molecular weight excluding hydrogens is 232 g/mol. The smallest absolute Gasteiger partial charge is 0.242 e. The van der Waals surface area contributed by atoms with Crippen molar-refractivity contribution in [3.63, 3.8) is 0 Å². The van der Waals surface area contributed by atoms with E-state index in [1.54, 1.807) is 6.19 Å². The lowest BCUT2D eigenvalue weighted by molar-refractivity contribution is -0.117. The minimum Gasteiger partial charge on any atom is -0.273 e. The van der Waals surface area contributed by atoms with Crippen LogP contribution in [-0.2, 0) is 10.5 Å². The molecule has 5 heteroatoms. The number of carbonyl (C=O) groups excluding carboxylic acids is 1. The van der Waals surface area contributed by atoms with Crippen molar-refractivity contribution in [3.8, 4) is 6.19 Å². The van der Waals surface area contributed by atoms with Crippen LogP contribution in [0.3, 0.4) is 0 Å². The Morgan fingerprint density at radius 2 is 2.13 bits per heavy atom. The maximum atomic E-state index is 10.9. The zero-order valence-electron chi connectivity index (χ0n) is 7.87. The van der Waals surface area contributed by atoms with Crippen LogP contribution in [0.15, 0.2) is 24.3 Å². The first kappa shape index (κ1) is 11.9. The van der Waals surface area contributed by atoms with Gasteiger partial charge in [0.25, 0.3) is 0 Å². The van der Waals surface area contributed by atoms with E-state index in [1.165, 1.54) is 11.8 Å². The second kappa shape index (κ2) is 6.33. The second-order valence-corrected chi connectivity index (χ2v) is 4.20. The minimum atomic E-state index is -0.267. The highest BCUT2D eigenvalue weighted by Gasteiger charge is 2.00. The molecule has 1 amide bonds. The van der Waals surface area contributed by atoms with Crippen molar-refractivity contribution in [1.82, 2.24) is 5.32 Å². The molecule has 0 aliphatic carbocycles. The van der Waals surface area contributed by atoms with Crippen LogP contribution >= 0.6 is 23.4 Å². The number of hydrogen-bond acceptors (Lipinski definition) is 3. The highest BCUT2D eigenvalue weighted by Crippen LogP contribution is 2.15. The van der Waals surface area contributed by atoms with Gasteiger partial charge in [0.15, 0.2) is 6.19 Å². The van der Waals surface area contributed by atoms with Gasteiger partial charge in [-0.05, 0) is 17.7 Å². The fourth-order valence-corrected chi connectivity index (χ4v) is 1.85. The molecule has 1 aromatic rings. The summed E-state index contributed by atoms with van der Waals surface area (Å²) in [5.74, 6) is 0.753. The Hall–Kier alpha value is -1.18. The van der Waals surface area contributed by atoms with Gasteiger partial charge < -0.3 is 0 Å². The maximum absolute atomic E-state index is 10.9. The third-order valence-corrected chi connectivity index (χ3v) is 2.87. The Bertz CT molecular complexity index is 372. The van der Waals surface area contributed by atoms with E-state index in [2.05, 4.69) is 5.32 Å². The van der Waals surface area contributed by atoms with Crippen molar-refractivity contribution in [1.29, 1.82) is 5.26 Å². The normalized spacial score (nSPS) is 9.33. The summed E-state index contributed by atoms with van der Waals surface area (Å²) in [7, 11) is 0. The number of nitrogens with zero attached hydrogens (tertiary/aromatic N) is 1. The predicted octanol–water partition coefficient (Wildman–Crippen LogP) is 2.17. The van der Waals surface area contributed by atoms with E-state index >= 15 is 0 Å². The molecule has 78 valence electrons. The second-order valence-electron chi connectivity index (χ2n) is 2.78. The van der Waals surface area contributed by atoms with Crippen molar-refractivity contribution in [2.45, 2.75) is 5.75 Å². The fraction of sp³-hybridized carbons (Fsp3) is 0.200. The molecule has 0 bridgehead atoms. The van der Waals surface area contributed by atoms with Crippen molar-refractivity contribution in [2.24, 2.45) is 0 Å². The van der Waals surface area contributed by atoms with E-state index in [-0.39, 0.29) is 11.7 Å². The van der Waals surface area contributed by atoms with E-state index in [1.807, 2.05) is 24.3 Å². The number of nitriles is 1. The number of halogens is 1. The van der Waals surface area contributed by atoms with Gasteiger partial charge in [0, 0.05) is 10.8 Å². The molecule has 0 unspecified atom stereocenters. The maximum Gasteiger partial charge on any atom is 0.242 e. The third-order valence-electron chi connectivity index (χ3n) is 1.61. The molecule has 0 saturated carbocycles. The van der Waals surface area contributed by atoms with E-state index < -0.39 is 0 Å². The Labute approximate surface area is 97.4 Å². The van der Waals surface area contributed by atoms with Crippen molar-refractivity contribution >= 4 is 29.3 Å². The molecule has 0 aliphatic rings. The first-order valence-corrected chi connectivity index (χ1v) is 5.76. The highest BCUT2D eigenvalue weighted by atomic mass is 35.5. The lowest BCUT2D eigenvalue weighted by atomic mass is 10.2. The van der Waals surface area contributed by atoms with Gasteiger partial charge in [0.2, 0.25) is 5.91 Å². The number of benzene rings is 1. The molecule has 0 radical (unpaired) electrons. The molecule has 15 heavy (non-hydrogen) atoms. The molecule has 0 spiro atoms. The van der Waals surface area contributed by atoms with E-state index in [0.29, 0.717) is 5.02 Å². The fourth-order valence-electron chi connectivity index (χ4n) is 0.941. The predicted molar refractivity (Wildman–Crippen MR) is 61.4 cm³/mol. The quantitative estimate of drug-likeness (QED) is 0.648. The van der Waals surface area contributed by atoms with Gasteiger partial charge in [-0.25, -0.2) is 0 Å². The van der Waals surface area contributed by atoms with Gasteiger partial charge in [0.1, 0.15) is 0 Å². The van der Waals surface area contributed by atoms with Gasteiger partial charge in [-0.2, -0.15) is 5.26 Å². The molecule has 1 aromatic carbocycles. The summed E-state index contributed by atoms with van der Waals surface area (Å²) >= 11 is 7.18. The molecule has 0 fully saturated rings. The van der Waals surface area contributed by atoms with Crippen molar-refractivity contribution in [2.75, 3.05) is 5.75 Å². The minimum absolute atomic E-state index is 0.267. The Morgan fingerprint density at radius 1 is 1.47 bits per heavy atom. The zero-order chi connectivity index (χ0) is 11.1. The molecule has 1 N–H and O–H groups in total. The molecule has 3 nitrogen and oxygen atoms in total. The van der Waals surface area contributed by atoms with Crippen LogP contribution in [0, 0.1) is 11.5 Å². The van der Waals surface area contributed by atoms with Crippen molar-refractivity contribution in [3.05, 3.63) is 34.9 Å². The monoisotopic (exact) mass is 240 g/mol. The molecule has 1 rings (SSSR count). The molecule has 0 atom stereocenters. The lowest BCUT2D eigenvalue weighted by Gasteiger charge is -2.00. The third kappa shape index (κ3) is 4.73. The SMILES string of the molecule is N#CNC(=O)CSCc1ccc(Cl)cc1. The van der Waals surface area contributed by atoms with E-state index in [0.717, 1.165) is 11.3 Å². The number of nitrogens with one attached hydrogen (secondary N) is 1. The summed E-state index contributed by atoms with van der Waals surface area (Å²) in [6.07, 6.45) is 1.59. The van der Waals surface area contributed by atoms with Crippen molar-refractivity contribution < 1.29 is 4.79 Å². The summed E-state index contributed by atoms with van der Waals surface area (Å²) in [4.78, 5) is 10.9. The van der Waals surface area contributed by atoms with Crippen LogP contribution in [0.25, 0.3) is 0 Å². The van der Waals surface area contributed by atoms with Gasteiger partial charge >= 0.3 is 0 Å². The van der Waals surface area contributed by atoms with Crippen LogP contribution in [0.1, 0.15) is 5.56 Å². The first-order chi connectivity index (χ1) is 7.22. The zero-order valence-corrected chi connectivity index (χ0v) is 9.44. The number of amides is 1. The number of thioether (sulfide) groups is 1. The topological polar surface area (TPSA) is 52.9 Å². The van der Waals surface area contributed by atoms with Crippen LogP contribution < -0.4 is 5.32 Å². The number of carbonyl (C=O) groups is 1. The Balaban J connectivity index is 2.29. The summed E-state index contributed by atoms with van der Waals surface area (Å²) < 4.78 is 0. The van der Waals surface area contributed by atoms with E-state index in [9.17, 15) is 4.79 Å². The molecular formula is C10H9ClN2OS. The highest BCUT2D eigenvalue weighted by molar-refractivity contribution is 7.99. The largest absolute Gasteiger partial charge is 0.273 e. The summed E-state index contributed by atoms with van der Waals surface area (Å²) in [6.45, 7) is 0. The summed E-state index contributed by atoms with van der Waals surface area (Å²) in [5.41, 5.74) is 1.11. The van der Waals surface area contributed by atoms with Crippen LogP contribution in [0.5, 0.6) is 0 Å². The summed E-state index contributed by atoms with van der Waals surface area (Å²) in [6, 6.07) is 7.45. The molecule has 0 saturated heterocycles. The molecule has 0 heterocycles. The summed E-state index contributed by atoms with van der Waals surface area (Å²) in [5, 5.41) is 10.9. The molecule has 0 aromatic heterocycles. The standard InChI is InChI=1S/C10H9ClN2OS/c11-9-3-1-8(2-4-9)5-15-6-10(14)13-7-12/h1-4H,5-6H2,(H,13,14). The average Bonchev–Trinajstić information content (AvgIpc) is 2.21. The number of hydrogen-bond donors (Lipinski definition) is 1. The Morgan fingerprint density at radius 3 is 2.73 bits per heavy atom. The van der Waals surface area contributed by atoms with Gasteiger partial charge in [-0.3, -0.25) is 10.1 Å². The molecule has 0 aliphatic heterocycles. The number of rotatable bonds is 4. The average molecular weight is 241 g/mol. The van der Waals surface area contributed by atoms with Crippen LogP contribution in [0.4, 0.5) is 0 Å². The lowest BCUT2D eigenvalue weighted by Crippen LogP contribution is -2.19. The van der Waals surface area contributed by atoms with Gasteiger partial charge in [0.05, 0.1) is 5.75 Å². The van der Waals surface area contributed by atoms with Crippen LogP contribution in [0.2, 0.25) is 5.02 Å². The first-order valence-electron chi connectivity index (χ1n) is 4.22. The van der Waals surface area contributed by atoms with E-state index in [4.69, 9.17) is 16.9 Å². The van der Waals surface area contributed by atoms with Gasteiger partial charge in [-0.1, -0.05) is 23.7 Å². The van der Waals surface area contributed by atoms with Crippen LogP contribution in [-0.4, -0.2) is 11.7 Å².